The van der Waals surface area contributed by atoms with Gasteiger partial charge in [-0.1, -0.05) is 97.1 Å². The van der Waals surface area contributed by atoms with Crippen molar-refractivity contribution in [2.75, 3.05) is 0 Å². The lowest BCUT2D eigenvalue weighted by Gasteiger charge is -2.13. The Balaban J connectivity index is 1.23. The highest BCUT2D eigenvalue weighted by molar-refractivity contribution is 6.20. The minimum absolute atomic E-state index is 0.917. The molecule has 0 fully saturated rings. The Kier molecular flexibility index (Phi) is 5.32. The van der Waals surface area contributed by atoms with Crippen LogP contribution in [0.15, 0.2) is 164 Å². The number of aromatic nitrogens is 5. The molecule has 4 aromatic heterocycles. The lowest BCUT2D eigenvalue weighted by atomic mass is 10.0. The van der Waals surface area contributed by atoms with Crippen LogP contribution in [0.25, 0.3) is 94.0 Å². The highest BCUT2D eigenvalue weighted by Crippen LogP contribution is 2.40. The molecule has 0 saturated heterocycles. The maximum atomic E-state index is 5.18. The van der Waals surface area contributed by atoms with Gasteiger partial charge in [-0.15, -0.1) is 0 Å². The van der Waals surface area contributed by atoms with Crippen molar-refractivity contribution >= 4 is 71.2 Å². The average Bonchev–Trinajstić information content (AvgIpc) is 3.85. The zero-order chi connectivity index (χ0) is 32.1. The van der Waals surface area contributed by atoms with Crippen LogP contribution in [0.2, 0.25) is 0 Å². The molecule has 4 heterocycles. The molecule has 11 rings (SSSR count). The summed E-state index contributed by atoms with van der Waals surface area (Å²) >= 11 is 0. The summed E-state index contributed by atoms with van der Waals surface area (Å²) in [6, 6.07) is 58.3. The van der Waals surface area contributed by atoms with E-state index in [-0.39, 0.29) is 0 Å². The summed E-state index contributed by atoms with van der Waals surface area (Å²) in [4.78, 5) is 10.3. The summed E-state index contributed by atoms with van der Waals surface area (Å²) in [5.41, 5.74) is 11.9. The Labute approximate surface area is 280 Å². The van der Waals surface area contributed by atoms with E-state index in [0.29, 0.717) is 0 Å². The van der Waals surface area contributed by atoms with Crippen molar-refractivity contribution in [3.05, 3.63) is 164 Å². The third kappa shape index (κ3) is 3.70. The van der Waals surface area contributed by atoms with E-state index in [4.69, 9.17) is 9.97 Å². The van der Waals surface area contributed by atoms with E-state index in [1.807, 2.05) is 0 Å². The van der Waals surface area contributed by atoms with Gasteiger partial charge in [0, 0.05) is 38.5 Å². The number of pyridine rings is 1. The number of rotatable bonds is 3. The second kappa shape index (κ2) is 9.89. The Hall–Kier alpha value is -6.72. The predicted molar refractivity (Wildman–Crippen MR) is 202 cm³/mol. The van der Waals surface area contributed by atoms with Gasteiger partial charge in [-0.2, -0.15) is 0 Å². The quantitative estimate of drug-likeness (QED) is 0.183. The van der Waals surface area contributed by atoms with Crippen LogP contribution in [0, 0.1) is 0 Å². The lowest BCUT2D eigenvalue weighted by molar-refractivity contribution is 1.10. The molecule has 0 bridgehead atoms. The summed E-state index contributed by atoms with van der Waals surface area (Å²) in [6.07, 6.45) is 0. The molecule has 0 saturated carbocycles. The van der Waals surface area contributed by atoms with E-state index in [9.17, 15) is 0 Å². The van der Waals surface area contributed by atoms with Crippen LogP contribution in [0.5, 0.6) is 0 Å². The minimum atomic E-state index is 0.917. The van der Waals surface area contributed by atoms with Gasteiger partial charge in [0.25, 0.3) is 0 Å². The molecule has 0 aliphatic heterocycles. The Morgan fingerprint density at radius 2 is 0.959 bits per heavy atom. The summed E-state index contributed by atoms with van der Waals surface area (Å²) in [7, 11) is 0. The fourth-order valence-corrected chi connectivity index (χ4v) is 7.89. The first-order valence-corrected chi connectivity index (χ1v) is 16.6. The van der Waals surface area contributed by atoms with Crippen LogP contribution >= 0.6 is 0 Å². The van der Waals surface area contributed by atoms with Crippen LogP contribution < -0.4 is 0 Å². The Bertz CT molecular complexity index is 3110. The summed E-state index contributed by atoms with van der Waals surface area (Å²) in [5.74, 6) is 0.917. The molecule has 0 radical (unpaired) electrons. The topological polar surface area (TPSA) is 40.0 Å². The summed E-state index contributed by atoms with van der Waals surface area (Å²) in [6.45, 7) is 0. The van der Waals surface area contributed by atoms with Crippen molar-refractivity contribution in [1.82, 2.24) is 23.5 Å². The van der Waals surface area contributed by atoms with Crippen molar-refractivity contribution in [3.8, 4) is 22.8 Å². The lowest BCUT2D eigenvalue weighted by Crippen LogP contribution is -1.99. The normalized spacial score (nSPS) is 12.1. The van der Waals surface area contributed by atoms with E-state index in [1.54, 1.807) is 0 Å². The zero-order valence-corrected chi connectivity index (χ0v) is 26.3. The third-order valence-corrected chi connectivity index (χ3v) is 9.99. The molecule has 5 nitrogen and oxygen atoms in total. The van der Waals surface area contributed by atoms with Gasteiger partial charge < -0.3 is 4.57 Å². The molecule has 228 valence electrons. The van der Waals surface area contributed by atoms with Crippen LogP contribution in [0.4, 0.5) is 0 Å². The van der Waals surface area contributed by atoms with Crippen LogP contribution in [-0.2, 0) is 0 Å². The molecule has 0 aliphatic rings. The van der Waals surface area contributed by atoms with Gasteiger partial charge in [-0.25, -0.2) is 9.97 Å². The maximum absolute atomic E-state index is 5.18. The number of para-hydroxylation sites is 6. The first kappa shape index (κ1) is 26.4. The molecular formula is C44H27N5. The fourth-order valence-electron chi connectivity index (χ4n) is 7.89. The fraction of sp³-hybridized carbons (Fsp3) is 0. The summed E-state index contributed by atoms with van der Waals surface area (Å²) < 4.78 is 7.02. The number of nitrogens with zero attached hydrogens (tertiary/aromatic N) is 5. The number of fused-ring (bicyclic) bond motifs is 12. The zero-order valence-electron chi connectivity index (χ0n) is 26.3. The largest absolute Gasteiger partial charge is 0.309 e. The van der Waals surface area contributed by atoms with Gasteiger partial charge in [-0.3, -0.25) is 8.97 Å². The summed E-state index contributed by atoms with van der Waals surface area (Å²) in [5, 5.41) is 5.97. The van der Waals surface area contributed by atoms with Crippen LogP contribution in [0.1, 0.15) is 0 Å². The average molecular weight is 626 g/mol. The number of imidazole rings is 2. The van der Waals surface area contributed by atoms with E-state index >= 15 is 0 Å². The number of hydrogen-bond donors (Lipinski definition) is 0. The van der Waals surface area contributed by atoms with E-state index in [0.717, 1.165) is 72.4 Å². The highest BCUT2D eigenvalue weighted by atomic mass is 15.1. The smallest absolute Gasteiger partial charge is 0.146 e. The first-order valence-electron chi connectivity index (χ1n) is 16.6. The van der Waals surface area contributed by atoms with Gasteiger partial charge in [0.05, 0.1) is 38.6 Å². The number of benzene rings is 7. The van der Waals surface area contributed by atoms with Crippen molar-refractivity contribution < 1.29 is 0 Å². The number of hydrogen-bond acceptors (Lipinski definition) is 2. The Morgan fingerprint density at radius 3 is 1.80 bits per heavy atom. The highest BCUT2D eigenvalue weighted by Gasteiger charge is 2.20. The maximum Gasteiger partial charge on any atom is 0.146 e. The predicted octanol–water partition coefficient (Wildman–Crippen LogP) is 10.9. The molecule has 0 aliphatic carbocycles. The second-order valence-corrected chi connectivity index (χ2v) is 12.7. The van der Waals surface area contributed by atoms with E-state index in [1.165, 1.54) is 21.5 Å². The molecule has 11 aromatic rings. The van der Waals surface area contributed by atoms with Crippen molar-refractivity contribution in [3.63, 3.8) is 0 Å². The molecule has 0 spiro atoms. The van der Waals surface area contributed by atoms with Gasteiger partial charge in [0.15, 0.2) is 0 Å². The standard InChI is InChI=1S/C44H27N5/c1-2-14-29(15-3-1)48-39-23-10-7-20-36(39)45-43(48)28-13-12-16-30(25-28)47-38-22-9-6-18-32(38)35-27-42-34(26-41(35)47)31-17-4-5-19-33(31)44-46-37-21-8-11-24-40(37)49(42)44/h1-27H. The molecule has 5 heteroatoms. The van der Waals surface area contributed by atoms with Gasteiger partial charge in [0.2, 0.25) is 0 Å². The van der Waals surface area contributed by atoms with E-state index < -0.39 is 0 Å². The molecule has 0 amide bonds. The Morgan fingerprint density at radius 1 is 0.347 bits per heavy atom. The van der Waals surface area contributed by atoms with Crippen LogP contribution in [0.3, 0.4) is 0 Å². The van der Waals surface area contributed by atoms with Gasteiger partial charge in [0.1, 0.15) is 11.5 Å². The van der Waals surface area contributed by atoms with Crippen LogP contribution in [-0.4, -0.2) is 23.5 Å². The SMILES string of the molecule is c1ccc(-n2c(-c3cccc(-n4c5ccccc5c5cc6c(cc54)c4ccccc4c4nc5ccccc5n64)c3)nc3ccccc32)cc1. The van der Waals surface area contributed by atoms with Crippen molar-refractivity contribution in [1.29, 1.82) is 0 Å². The van der Waals surface area contributed by atoms with Crippen molar-refractivity contribution in [2.45, 2.75) is 0 Å². The molecular weight excluding hydrogens is 599 g/mol. The molecule has 0 unspecified atom stereocenters. The first-order chi connectivity index (χ1) is 24.3. The minimum Gasteiger partial charge on any atom is -0.309 e. The monoisotopic (exact) mass is 625 g/mol. The van der Waals surface area contributed by atoms with Gasteiger partial charge in [-0.05, 0) is 72.1 Å². The van der Waals surface area contributed by atoms with Crippen molar-refractivity contribution in [2.24, 2.45) is 0 Å². The molecule has 0 N–H and O–H groups in total. The second-order valence-electron chi connectivity index (χ2n) is 12.7. The van der Waals surface area contributed by atoms with E-state index in [2.05, 4.69) is 177 Å². The third-order valence-electron chi connectivity index (χ3n) is 9.99. The molecule has 0 atom stereocenters. The molecule has 49 heavy (non-hydrogen) atoms. The van der Waals surface area contributed by atoms with Gasteiger partial charge >= 0.3 is 0 Å². The molecule has 7 aromatic carbocycles.